The van der Waals surface area contributed by atoms with Crippen LogP contribution in [-0.2, 0) is 4.74 Å². The molecule has 1 aliphatic carbocycles. The Labute approximate surface area is 91.0 Å². The molecule has 0 amide bonds. The number of ether oxygens (including phenoxy) is 1. The molecule has 0 N–H and O–H groups in total. The molecule has 0 aromatic carbocycles. The fraction of sp³-hybridized carbons (Fsp3) is 0.667. The van der Waals surface area contributed by atoms with Crippen molar-refractivity contribution in [1.29, 1.82) is 10.5 Å². The predicted octanol–water partition coefficient (Wildman–Crippen LogP) is 2.90. The fourth-order valence-electron chi connectivity index (χ4n) is 2.19. The van der Waals surface area contributed by atoms with Crippen molar-refractivity contribution < 1.29 is 4.74 Å². The van der Waals surface area contributed by atoms with Gasteiger partial charge in [0.1, 0.15) is 0 Å². The van der Waals surface area contributed by atoms with Gasteiger partial charge in [-0.1, -0.05) is 6.42 Å². The zero-order valence-corrected chi connectivity index (χ0v) is 9.12. The summed E-state index contributed by atoms with van der Waals surface area (Å²) in [7, 11) is 1.61. The maximum absolute atomic E-state index is 9.31. The third-order valence-electron chi connectivity index (χ3n) is 3.05. The number of hydrogen-bond acceptors (Lipinski definition) is 3. The molecular weight excluding hydrogens is 188 g/mol. The van der Waals surface area contributed by atoms with Gasteiger partial charge in [-0.05, 0) is 31.3 Å². The summed E-state index contributed by atoms with van der Waals surface area (Å²) < 4.78 is 5.02. The molecule has 1 atom stereocenters. The van der Waals surface area contributed by atoms with Gasteiger partial charge in [0.2, 0.25) is 0 Å². The van der Waals surface area contributed by atoms with Crippen molar-refractivity contribution in [2.24, 2.45) is 5.41 Å². The van der Waals surface area contributed by atoms with E-state index in [9.17, 15) is 5.26 Å². The molecule has 0 spiro atoms. The first kappa shape index (κ1) is 11.6. The zero-order valence-electron chi connectivity index (χ0n) is 9.12. The van der Waals surface area contributed by atoms with Crippen LogP contribution in [0, 0.1) is 28.1 Å². The van der Waals surface area contributed by atoms with Gasteiger partial charge in [0.25, 0.3) is 0 Å². The Balaban J connectivity index is 2.87. The smallest absolute Gasteiger partial charge is 0.0832 e. The summed E-state index contributed by atoms with van der Waals surface area (Å²) in [5.41, 5.74) is 0.623. The normalized spacial score (nSPS) is 28.1. The van der Waals surface area contributed by atoms with Crippen molar-refractivity contribution in [2.75, 3.05) is 7.11 Å². The molecule has 0 aromatic rings. The number of nitrogens with zero attached hydrogens (tertiary/aromatic N) is 2. The highest BCUT2D eigenvalue weighted by Crippen LogP contribution is 2.43. The van der Waals surface area contributed by atoms with E-state index in [0.717, 1.165) is 31.3 Å². The Morgan fingerprint density at radius 1 is 1.47 bits per heavy atom. The van der Waals surface area contributed by atoms with Gasteiger partial charge in [0.15, 0.2) is 0 Å². The molecule has 0 unspecified atom stereocenters. The van der Waals surface area contributed by atoms with E-state index in [1.807, 2.05) is 0 Å². The molecule has 1 aliphatic rings. The minimum Gasteiger partial charge on any atom is -0.504 e. The Bertz CT molecular complexity index is 321. The Morgan fingerprint density at radius 2 is 2.27 bits per heavy atom. The molecule has 0 radical (unpaired) electrons. The topological polar surface area (TPSA) is 56.8 Å². The molecule has 1 rings (SSSR count). The molecule has 0 bridgehead atoms. The maximum Gasteiger partial charge on any atom is 0.0832 e. The average molecular weight is 204 g/mol. The Kier molecular flexibility index (Phi) is 4.18. The van der Waals surface area contributed by atoms with Crippen LogP contribution in [-0.4, -0.2) is 7.11 Å². The summed E-state index contributed by atoms with van der Waals surface area (Å²) in [6, 6.07) is 4.51. The van der Waals surface area contributed by atoms with Crippen LogP contribution in [0.2, 0.25) is 0 Å². The van der Waals surface area contributed by atoms with Crippen LogP contribution in [0.15, 0.2) is 11.8 Å². The lowest BCUT2D eigenvalue weighted by Gasteiger charge is -2.32. The molecule has 3 heteroatoms. The molecule has 0 aliphatic heterocycles. The maximum atomic E-state index is 9.31. The molecule has 0 saturated heterocycles. The summed E-state index contributed by atoms with van der Waals surface area (Å²) in [5, 5.41) is 17.9. The molecule has 1 saturated carbocycles. The number of methoxy groups -OCH3 is 1. The average Bonchev–Trinajstić information content (AvgIpc) is 2.29. The quantitative estimate of drug-likeness (QED) is 0.664. The van der Waals surface area contributed by atoms with E-state index >= 15 is 0 Å². The highest BCUT2D eigenvalue weighted by molar-refractivity contribution is 5.24. The molecule has 80 valence electrons. The van der Waals surface area contributed by atoms with Crippen LogP contribution in [0.25, 0.3) is 0 Å². The molecule has 0 aromatic heterocycles. The van der Waals surface area contributed by atoms with Crippen LogP contribution >= 0.6 is 0 Å². The monoisotopic (exact) mass is 204 g/mol. The first-order valence-electron chi connectivity index (χ1n) is 5.29. The first-order chi connectivity index (χ1) is 7.29. The zero-order chi connectivity index (χ0) is 11.1. The van der Waals surface area contributed by atoms with Gasteiger partial charge < -0.3 is 4.74 Å². The van der Waals surface area contributed by atoms with Crippen LogP contribution in [0.5, 0.6) is 0 Å². The van der Waals surface area contributed by atoms with Crippen LogP contribution in [0.3, 0.4) is 0 Å². The lowest BCUT2D eigenvalue weighted by atomic mass is 9.69. The van der Waals surface area contributed by atoms with Crippen molar-refractivity contribution in [3.05, 3.63) is 11.8 Å². The molecular formula is C12H16N2O. The minimum atomic E-state index is -0.440. The Hall–Kier alpha value is -1.48. The summed E-state index contributed by atoms with van der Waals surface area (Å²) in [6.07, 6.45) is 6.74. The third-order valence-corrected chi connectivity index (χ3v) is 3.05. The van der Waals surface area contributed by atoms with Gasteiger partial charge in [0.05, 0.1) is 30.9 Å². The lowest BCUT2D eigenvalue weighted by Crippen LogP contribution is -2.25. The lowest BCUT2D eigenvalue weighted by molar-refractivity contribution is 0.287. The second-order valence-electron chi connectivity index (χ2n) is 3.94. The highest BCUT2D eigenvalue weighted by atomic mass is 16.5. The summed E-state index contributed by atoms with van der Waals surface area (Å²) >= 11 is 0. The second-order valence-corrected chi connectivity index (χ2v) is 3.94. The van der Waals surface area contributed by atoms with Gasteiger partial charge in [-0.15, -0.1) is 0 Å². The van der Waals surface area contributed by atoms with Gasteiger partial charge in [0, 0.05) is 6.42 Å². The van der Waals surface area contributed by atoms with Gasteiger partial charge in [-0.2, -0.15) is 10.5 Å². The van der Waals surface area contributed by atoms with E-state index < -0.39 is 5.41 Å². The van der Waals surface area contributed by atoms with Crippen molar-refractivity contribution in [3.8, 4) is 12.1 Å². The van der Waals surface area contributed by atoms with Crippen molar-refractivity contribution >= 4 is 0 Å². The number of hydrogen-bond donors (Lipinski definition) is 0. The predicted molar refractivity (Wildman–Crippen MR) is 56.5 cm³/mol. The summed E-state index contributed by atoms with van der Waals surface area (Å²) in [6.45, 7) is 0. The standard InChI is InChI=1S/C12H16N2O/c1-15-9-11-5-2-3-6-12(11,10-14)7-4-8-13/h9H,2-7H2,1H3/b11-9-/t12-/m1/s1. The van der Waals surface area contributed by atoms with Gasteiger partial charge >= 0.3 is 0 Å². The van der Waals surface area contributed by atoms with Crippen molar-refractivity contribution in [1.82, 2.24) is 0 Å². The number of rotatable bonds is 3. The number of allylic oxidation sites excluding steroid dienone is 1. The first-order valence-corrected chi connectivity index (χ1v) is 5.29. The SMILES string of the molecule is CO/C=C1/CCCC[C@]1(C#N)CCC#N. The van der Waals surface area contributed by atoms with E-state index in [2.05, 4.69) is 12.1 Å². The van der Waals surface area contributed by atoms with E-state index in [0.29, 0.717) is 12.8 Å². The van der Waals surface area contributed by atoms with E-state index in [4.69, 9.17) is 10.00 Å². The van der Waals surface area contributed by atoms with Gasteiger partial charge in [-0.3, -0.25) is 0 Å². The molecule has 1 fully saturated rings. The molecule has 3 nitrogen and oxygen atoms in total. The van der Waals surface area contributed by atoms with E-state index in [-0.39, 0.29) is 0 Å². The van der Waals surface area contributed by atoms with Crippen LogP contribution in [0.4, 0.5) is 0 Å². The minimum absolute atomic E-state index is 0.439. The molecule has 0 heterocycles. The Morgan fingerprint density at radius 3 is 2.87 bits per heavy atom. The fourth-order valence-corrected chi connectivity index (χ4v) is 2.19. The van der Waals surface area contributed by atoms with Crippen LogP contribution in [0.1, 0.15) is 38.5 Å². The largest absolute Gasteiger partial charge is 0.504 e. The molecule has 15 heavy (non-hydrogen) atoms. The number of nitriles is 2. The van der Waals surface area contributed by atoms with Gasteiger partial charge in [-0.25, -0.2) is 0 Å². The van der Waals surface area contributed by atoms with Crippen LogP contribution < -0.4 is 0 Å². The van der Waals surface area contributed by atoms with Crippen molar-refractivity contribution in [2.45, 2.75) is 38.5 Å². The van der Waals surface area contributed by atoms with Crippen molar-refractivity contribution in [3.63, 3.8) is 0 Å². The summed E-state index contributed by atoms with van der Waals surface area (Å²) in [5.74, 6) is 0. The summed E-state index contributed by atoms with van der Waals surface area (Å²) in [4.78, 5) is 0. The highest BCUT2D eigenvalue weighted by Gasteiger charge is 2.36. The third kappa shape index (κ3) is 2.50. The van der Waals surface area contributed by atoms with E-state index in [1.165, 1.54) is 0 Å². The second kappa shape index (κ2) is 5.41. The van der Waals surface area contributed by atoms with E-state index in [1.54, 1.807) is 13.4 Å².